The predicted octanol–water partition coefficient (Wildman–Crippen LogP) is 8.79. The van der Waals surface area contributed by atoms with E-state index in [1.807, 2.05) is 41.6 Å². The fraction of sp³-hybridized carbons (Fsp3) is 0.474. The van der Waals surface area contributed by atoms with E-state index in [9.17, 15) is 9.59 Å². The van der Waals surface area contributed by atoms with Crippen LogP contribution in [-0.2, 0) is 14.3 Å². The minimum Gasteiger partial charge on any atom is -0.453 e. The molecule has 0 spiro atoms. The Hall–Kier alpha value is -3.48. The van der Waals surface area contributed by atoms with Crippen molar-refractivity contribution in [3.63, 3.8) is 0 Å². The molecule has 4 heterocycles. The van der Waals surface area contributed by atoms with Gasteiger partial charge in [0, 0.05) is 34.1 Å². The zero-order valence-corrected chi connectivity index (χ0v) is 32.0. The average molecular weight is 811 g/mol. The molecule has 5 atom stereocenters. The van der Waals surface area contributed by atoms with Crippen LogP contribution < -0.4 is 5.32 Å². The normalized spacial score (nSPS) is 22.9. The topological polar surface area (TPSA) is 125 Å². The molecule has 0 radical (unpaired) electrons. The van der Waals surface area contributed by atoms with E-state index >= 15 is 0 Å². The number of nitrogens with zero attached hydrogens (tertiary/aromatic N) is 3. The van der Waals surface area contributed by atoms with Crippen LogP contribution in [0.4, 0.5) is 4.79 Å². The number of H-pyrrole nitrogens is 2. The third-order valence-corrected chi connectivity index (χ3v) is 11.3. The van der Waals surface area contributed by atoms with E-state index in [1.165, 1.54) is 31.9 Å². The van der Waals surface area contributed by atoms with Gasteiger partial charge in [0.1, 0.15) is 17.7 Å². The maximum absolute atomic E-state index is 13.8. The van der Waals surface area contributed by atoms with Crippen LogP contribution in [0.5, 0.6) is 0 Å². The van der Waals surface area contributed by atoms with E-state index in [0.29, 0.717) is 19.1 Å². The molecule has 2 aromatic carbocycles. The second-order valence-electron chi connectivity index (χ2n) is 13.7. The van der Waals surface area contributed by atoms with E-state index in [1.54, 1.807) is 0 Å². The molecule has 2 aromatic heterocycles. The molecule has 7 rings (SSSR count). The van der Waals surface area contributed by atoms with E-state index in [2.05, 4.69) is 95.2 Å². The lowest BCUT2D eigenvalue weighted by molar-refractivity contribution is -0.138. The van der Waals surface area contributed by atoms with Crippen LogP contribution in [0.1, 0.15) is 82.4 Å². The number of nitrogens with one attached hydrogen (secondary N) is 3. The summed E-state index contributed by atoms with van der Waals surface area (Å²) in [6.45, 7) is 5.56. The van der Waals surface area contributed by atoms with Crippen molar-refractivity contribution in [1.29, 1.82) is 0 Å². The molecule has 1 saturated carbocycles. The maximum atomic E-state index is 13.8. The highest BCUT2D eigenvalue weighted by Crippen LogP contribution is 2.38. The van der Waals surface area contributed by atoms with Crippen molar-refractivity contribution >= 4 is 43.9 Å². The number of hydrogen-bond acceptors (Lipinski definition) is 6. The third kappa shape index (κ3) is 8.69. The van der Waals surface area contributed by atoms with Crippen LogP contribution in [0.15, 0.2) is 69.9 Å². The van der Waals surface area contributed by atoms with E-state index in [0.717, 1.165) is 69.1 Å². The summed E-state index contributed by atoms with van der Waals surface area (Å²) in [6.07, 6.45) is 10.2. The van der Waals surface area contributed by atoms with E-state index in [4.69, 9.17) is 9.47 Å². The SMILES string of the molecule is COC(=O)N[C@H](C(=O)N1[C@@H](C)CC[C@H]1c1ncc(-c2ccc(Br)cc2)[nH]1)C1CCOCC1.C[C@H]1CC[C@@H](c2ncc(-c3ccc(Br)cc3)[nH]2)C1. The van der Waals surface area contributed by atoms with Gasteiger partial charge in [-0.05, 0) is 99.1 Å². The Bertz CT molecular complexity index is 1720. The van der Waals surface area contributed by atoms with Gasteiger partial charge in [-0.1, -0.05) is 63.0 Å². The summed E-state index contributed by atoms with van der Waals surface area (Å²) in [7, 11) is 1.31. The van der Waals surface area contributed by atoms with Crippen molar-refractivity contribution in [2.24, 2.45) is 11.8 Å². The molecule has 0 unspecified atom stereocenters. The first kappa shape index (κ1) is 36.3. The number of likely N-dealkylation sites (tertiary alicyclic amines) is 1. The maximum Gasteiger partial charge on any atom is 0.407 e. The fourth-order valence-electron chi connectivity index (χ4n) is 7.46. The van der Waals surface area contributed by atoms with Gasteiger partial charge in [0.2, 0.25) is 5.91 Å². The first-order chi connectivity index (χ1) is 24.2. The number of carbonyl (C=O) groups is 2. The highest BCUT2D eigenvalue weighted by atomic mass is 79.9. The van der Waals surface area contributed by atoms with Crippen LogP contribution in [0.3, 0.4) is 0 Å². The summed E-state index contributed by atoms with van der Waals surface area (Å²) in [5.74, 6) is 3.33. The first-order valence-electron chi connectivity index (χ1n) is 17.6. The molecule has 1 aliphatic carbocycles. The molecule has 3 N–H and O–H groups in total. The summed E-state index contributed by atoms with van der Waals surface area (Å²) in [5.41, 5.74) is 4.26. The van der Waals surface area contributed by atoms with Gasteiger partial charge in [-0.25, -0.2) is 14.8 Å². The van der Waals surface area contributed by atoms with Crippen LogP contribution in [-0.4, -0.2) is 69.2 Å². The number of benzene rings is 2. The third-order valence-electron chi connectivity index (χ3n) is 10.3. The molecular formula is C38H46Br2N6O4. The highest BCUT2D eigenvalue weighted by molar-refractivity contribution is 9.10. The molecule has 50 heavy (non-hydrogen) atoms. The number of hydrogen-bond donors (Lipinski definition) is 3. The summed E-state index contributed by atoms with van der Waals surface area (Å²) in [5, 5.41) is 2.80. The van der Waals surface area contributed by atoms with E-state index in [-0.39, 0.29) is 23.9 Å². The number of amides is 2. The fourth-order valence-corrected chi connectivity index (χ4v) is 7.99. The molecule has 266 valence electrons. The Morgan fingerprint density at radius 1 is 0.840 bits per heavy atom. The lowest BCUT2D eigenvalue weighted by Gasteiger charge is -2.36. The van der Waals surface area contributed by atoms with Gasteiger partial charge in [-0.3, -0.25) is 4.79 Å². The van der Waals surface area contributed by atoms with Crippen molar-refractivity contribution in [3.05, 3.63) is 81.5 Å². The number of imidazole rings is 2. The van der Waals surface area contributed by atoms with Gasteiger partial charge in [0.05, 0.1) is 36.9 Å². The zero-order chi connectivity index (χ0) is 35.2. The molecule has 4 aromatic rings. The smallest absolute Gasteiger partial charge is 0.407 e. The van der Waals surface area contributed by atoms with E-state index < -0.39 is 12.1 Å². The van der Waals surface area contributed by atoms with Crippen LogP contribution >= 0.6 is 31.9 Å². The van der Waals surface area contributed by atoms with Gasteiger partial charge in [0.15, 0.2) is 0 Å². The molecule has 12 heteroatoms. The minimum atomic E-state index is -0.643. The van der Waals surface area contributed by atoms with Crippen molar-refractivity contribution in [2.75, 3.05) is 20.3 Å². The van der Waals surface area contributed by atoms with Gasteiger partial charge < -0.3 is 29.7 Å². The average Bonchev–Trinajstić information content (AvgIpc) is 3.96. The standard InChI is InChI=1S/C23H29BrN4O4.C15H17BrN2/c1-14-3-8-19(21-25-13-18(26-21)15-4-6-17(24)7-5-15)28(14)22(29)20(27-23(30)31-2)16-9-11-32-12-10-16;1-10-2-3-12(8-10)15-17-9-14(18-15)11-4-6-13(16)7-5-11/h4-7,13-14,16,19-20H,3,8-12H2,1-2H3,(H,25,26)(H,27,30);4-7,9-10,12H,2-3,8H2,1H3,(H,17,18)/t14-,19-,20-;10-,12+/m00/s1. The van der Waals surface area contributed by atoms with Crippen LogP contribution in [0, 0.1) is 11.8 Å². The second-order valence-corrected chi connectivity index (χ2v) is 15.6. The van der Waals surface area contributed by atoms with Crippen LogP contribution in [0.2, 0.25) is 0 Å². The minimum absolute atomic E-state index is 0.0127. The van der Waals surface area contributed by atoms with Gasteiger partial charge in [0.25, 0.3) is 0 Å². The summed E-state index contributed by atoms with van der Waals surface area (Å²) < 4.78 is 12.4. The first-order valence-corrected chi connectivity index (χ1v) is 19.1. The number of methoxy groups -OCH3 is 1. The Balaban J connectivity index is 0.000000202. The number of carbonyl (C=O) groups excluding carboxylic acids is 2. The Kier molecular flexibility index (Phi) is 12.1. The molecule has 3 aliphatic rings. The van der Waals surface area contributed by atoms with Crippen molar-refractivity contribution in [2.45, 2.75) is 82.8 Å². The van der Waals surface area contributed by atoms with Crippen molar-refractivity contribution in [3.8, 4) is 22.5 Å². The number of rotatable bonds is 7. The monoisotopic (exact) mass is 808 g/mol. The molecule has 10 nitrogen and oxygen atoms in total. The Labute approximate surface area is 310 Å². The zero-order valence-electron chi connectivity index (χ0n) is 28.8. The van der Waals surface area contributed by atoms with Gasteiger partial charge in [-0.15, -0.1) is 0 Å². The Morgan fingerprint density at radius 2 is 1.42 bits per heavy atom. The number of halogens is 2. The van der Waals surface area contributed by atoms with Crippen molar-refractivity contribution in [1.82, 2.24) is 30.2 Å². The number of ether oxygens (including phenoxy) is 2. The second kappa shape index (κ2) is 16.7. The molecular weight excluding hydrogens is 764 g/mol. The molecule has 2 saturated heterocycles. The van der Waals surface area contributed by atoms with Gasteiger partial charge >= 0.3 is 6.09 Å². The largest absolute Gasteiger partial charge is 0.453 e. The van der Waals surface area contributed by atoms with Crippen LogP contribution in [0.25, 0.3) is 22.5 Å². The number of alkyl carbamates (subject to hydrolysis) is 1. The predicted molar refractivity (Wildman–Crippen MR) is 200 cm³/mol. The molecule has 2 aliphatic heterocycles. The van der Waals surface area contributed by atoms with Crippen molar-refractivity contribution < 1.29 is 19.1 Å². The number of aromatic amines is 2. The summed E-state index contributed by atoms with van der Waals surface area (Å²) in [4.78, 5) is 43.8. The molecule has 0 bridgehead atoms. The number of aromatic nitrogens is 4. The highest BCUT2D eigenvalue weighted by Gasteiger charge is 2.43. The lowest BCUT2D eigenvalue weighted by Crippen LogP contribution is -2.54. The Morgan fingerprint density at radius 3 is 1.98 bits per heavy atom. The quantitative estimate of drug-likeness (QED) is 0.172. The summed E-state index contributed by atoms with van der Waals surface area (Å²) >= 11 is 6.92. The molecule has 3 fully saturated rings. The summed E-state index contributed by atoms with van der Waals surface area (Å²) in [6, 6.07) is 15.6. The molecule has 2 amide bonds. The van der Waals surface area contributed by atoms with Gasteiger partial charge in [-0.2, -0.15) is 0 Å². The lowest BCUT2D eigenvalue weighted by atomic mass is 9.90.